The van der Waals surface area contributed by atoms with E-state index in [1.807, 2.05) is 0 Å². The van der Waals surface area contributed by atoms with Crippen LogP contribution in [0.3, 0.4) is 0 Å². The lowest BCUT2D eigenvalue weighted by atomic mass is 10.2. The van der Waals surface area contributed by atoms with Gasteiger partial charge < -0.3 is 0 Å². The number of fused-ring (bicyclic) bond motifs is 1. The minimum atomic E-state index is -3.70. The van der Waals surface area contributed by atoms with Crippen LogP contribution in [-0.4, -0.2) is 54.8 Å². The largest absolute Gasteiger partial charge is 0.300 e. The summed E-state index contributed by atoms with van der Waals surface area (Å²) in [5.41, 5.74) is -0.347. The Labute approximate surface area is 131 Å². The maximum Gasteiger partial charge on any atom is 0.300 e. The van der Waals surface area contributed by atoms with E-state index in [0.717, 1.165) is 36.8 Å². The average molecular weight is 352 g/mol. The van der Waals surface area contributed by atoms with E-state index in [9.17, 15) is 18.5 Å². The zero-order valence-electron chi connectivity index (χ0n) is 11.1. The van der Waals surface area contributed by atoms with Gasteiger partial charge in [0.25, 0.3) is 15.7 Å². The van der Waals surface area contributed by atoms with Gasteiger partial charge in [-0.15, -0.1) is 11.3 Å². The molecule has 2 aliphatic heterocycles. The Bertz CT molecular complexity index is 675. The summed E-state index contributed by atoms with van der Waals surface area (Å²) in [6.45, 7) is 2.60. The van der Waals surface area contributed by atoms with E-state index < -0.39 is 14.9 Å². The molecule has 2 fully saturated rings. The van der Waals surface area contributed by atoms with E-state index in [0.29, 0.717) is 19.6 Å². The molecule has 0 saturated carbocycles. The van der Waals surface area contributed by atoms with Gasteiger partial charge in [-0.05, 0) is 19.4 Å². The maximum atomic E-state index is 12.6. The second kappa shape index (κ2) is 5.47. The summed E-state index contributed by atoms with van der Waals surface area (Å²) in [7, 11) is -3.70. The van der Waals surface area contributed by atoms with Crippen molar-refractivity contribution in [2.24, 2.45) is 0 Å². The molecular weight excluding hydrogens is 338 g/mol. The van der Waals surface area contributed by atoms with Crippen LogP contribution in [0.25, 0.3) is 0 Å². The number of thiophene rings is 1. The van der Waals surface area contributed by atoms with Crippen LogP contribution < -0.4 is 0 Å². The molecule has 2 saturated heterocycles. The fourth-order valence-electron chi connectivity index (χ4n) is 2.90. The number of hydrogen-bond donors (Lipinski definition) is 0. The normalized spacial score (nSPS) is 24.1. The maximum absolute atomic E-state index is 12.6. The molecule has 1 unspecified atom stereocenters. The van der Waals surface area contributed by atoms with Gasteiger partial charge in [0.2, 0.25) is 0 Å². The van der Waals surface area contributed by atoms with Gasteiger partial charge in [-0.2, -0.15) is 4.31 Å². The highest BCUT2D eigenvalue weighted by molar-refractivity contribution is 7.91. The van der Waals surface area contributed by atoms with Gasteiger partial charge in [-0.3, -0.25) is 15.0 Å². The van der Waals surface area contributed by atoms with Crippen LogP contribution in [0.2, 0.25) is 4.34 Å². The number of hydrogen-bond acceptors (Lipinski definition) is 6. The van der Waals surface area contributed by atoms with Crippen LogP contribution >= 0.6 is 22.9 Å². The van der Waals surface area contributed by atoms with Crippen molar-refractivity contribution in [3.05, 3.63) is 20.5 Å². The van der Waals surface area contributed by atoms with E-state index in [1.165, 1.54) is 4.31 Å². The van der Waals surface area contributed by atoms with E-state index >= 15 is 0 Å². The number of nitro groups is 1. The highest BCUT2D eigenvalue weighted by Crippen LogP contribution is 2.38. The molecule has 0 radical (unpaired) electrons. The quantitative estimate of drug-likeness (QED) is 0.612. The first-order valence-electron chi connectivity index (χ1n) is 6.57. The minimum Gasteiger partial charge on any atom is -0.298 e. The Kier molecular flexibility index (Phi) is 3.95. The molecule has 3 heterocycles. The summed E-state index contributed by atoms with van der Waals surface area (Å²) in [5.74, 6) is 0. The van der Waals surface area contributed by atoms with Gasteiger partial charge in [0.1, 0.15) is 4.21 Å². The Hall–Kier alpha value is -0.740. The van der Waals surface area contributed by atoms with Gasteiger partial charge in [0.05, 0.1) is 4.92 Å². The van der Waals surface area contributed by atoms with Crippen molar-refractivity contribution < 1.29 is 13.3 Å². The molecular formula is C11H14ClN3O4S2. The topological polar surface area (TPSA) is 83.8 Å². The lowest BCUT2D eigenvalue weighted by Crippen LogP contribution is -2.51. The number of rotatable bonds is 3. The van der Waals surface area contributed by atoms with Crippen molar-refractivity contribution in [1.29, 1.82) is 0 Å². The number of sulfonamides is 1. The van der Waals surface area contributed by atoms with Crippen molar-refractivity contribution in [3.8, 4) is 0 Å². The SMILES string of the molecule is O=[N+]([O-])c1cc(S(=O)(=O)N2CCN3CCCC3C2)sc1Cl. The van der Waals surface area contributed by atoms with Crippen LogP contribution in [0, 0.1) is 10.1 Å². The third kappa shape index (κ3) is 2.68. The van der Waals surface area contributed by atoms with Crippen molar-refractivity contribution >= 4 is 38.6 Å². The van der Waals surface area contributed by atoms with E-state index in [2.05, 4.69) is 4.90 Å². The highest BCUT2D eigenvalue weighted by atomic mass is 35.5. The van der Waals surface area contributed by atoms with Gasteiger partial charge in [-0.1, -0.05) is 11.6 Å². The number of piperazine rings is 1. The zero-order valence-corrected chi connectivity index (χ0v) is 13.5. The fraction of sp³-hybridized carbons (Fsp3) is 0.636. The molecule has 116 valence electrons. The smallest absolute Gasteiger partial charge is 0.298 e. The van der Waals surface area contributed by atoms with E-state index in [4.69, 9.17) is 11.6 Å². The summed E-state index contributed by atoms with van der Waals surface area (Å²) in [5, 5.41) is 10.8. The Balaban J connectivity index is 1.86. The average Bonchev–Trinajstić information content (AvgIpc) is 3.03. The molecule has 0 bridgehead atoms. The van der Waals surface area contributed by atoms with Gasteiger partial charge in [0.15, 0.2) is 4.34 Å². The van der Waals surface area contributed by atoms with Crippen LogP contribution in [0.15, 0.2) is 10.3 Å². The van der Waals surface area contributed by atoms with E-state index in [1.54, 1.807) is 0 Å². The second-order valence-corrected chi connectivity index (χ2v) is 9.00. The fourth-order valence-corrected chi connectivity index (χ4v) is 6.19. The van der Waals surface area contributed by atoms with E-state index in [-0.39, 0.29) is 20.3 Å². The van der Waals surface area contributed by atoms with Crippen LogP contribution in [-0.2, 0) is 10.0 Å². The second-order valence-electron chi connectivity index (χ2n) is 5.18. The third-order valence-corrected chi connectivity index (χ3v) is 7.64. The molecule has 21 heavy (non-hydrogen) atoms. The monoisotopic (exact) mass is 351 g/mol. The minimum absolute atomic E-state index is 0.0503. The first kappa shape index (κ1) is 15.2. The Morgan fingerprint density at radius 2 is 2.14 bits per heavy atom. The van der Waals surface area contributed by atoms with Crippen LogP contribution in [0.5, 0.6) is 0 Å². The molecule has 0 spiro atoms. The molecule has 2 aliphatic rings. The van der Waals surface area contributed by atoms with Crippen molar-refractivity contribution in [2.75, 3.05) is 26.2 Å². The van der Waals surface area contributed by atoms with Gasteiger partial charge in [-0.25, -0.2) is 8.42 Å². The molecule has 0 aromatic carbocycles. The summed E-state index contributed by atoms with van der Waals surface area (Å²) in [6, 6.07) is 1.32. The predicted octanol–water partition coefficient (Wildman–Crippen LogP) is 1.78. The molecule has 1 aromatic rings. The van der Waals surface area contributed by atoms with Gasteiger partial charge in [0, 0.05) is 31.7 Å². The Morgan fingerprint density at radius 3 is 2.81 bits per heavy atom. The highest BCUT2D eigenvalue weighted by Gasteiger charge is 2.38. The molecule has 0 aliphatic carbocycles. The summed E-state index contributed by atoms with van der Waals surface area (Å²) >= 11 is 6.51. The predicted molar refractivity (Wildman–Crippen MR) is 79.3 cm³/mol. The molecule has 1 aromatic heterocycles. The first-order valence-corrected chi connectivity index (χ1v) is 9.21. The van der Waals surface area contributed by atoms with Crippen LogP contribution in [0.4, 0.5) is 5.69 Å². The third-order valence-electron chi connectivity index (χ3n) is 3.99. The summed E-state index contributed by atoms with van der Waals surface area (Å²) in [6.07, 6.45) is 2.09. The standard InChI is InChI=1S/C11H14ClN3O4S2/c12-11-9(15(16)17)6-10(20-11)21(18,19)14-5-4-13-3-1-2-8(13)7-14/h6,8H,1-5,7H2. The van der Waals surface area contributed by atoms with Crippen molar-refractivity contribution in [3.63, 3.8) is 0 Å². The molecule has 10 heteroatoms. The number of halogens is 1. The summed E-state index contributed by atoms with van der Waals surface area (Å²) < 4.78 is 26.5. The first-order chi connectivity index (χ1) is 9.89. The lowest BCUT2D eigenvalue weighted by molar-refractivity contribution is -0.384. The molecule has 7 nitrogen and oxygen atoms in total. The number of nitrogens with zero attached hydrogens (tertiary/aromatic N) is 3. The van der Waals surface area contributed by atoms with Crippen LogP contribution in [0.1, 0.15) is 12.8 Å². The van der Waals surface area contributed by atoms with Gasteiger partial charge >= 0.3 is 0 Å². The molecule has 3 rings (SSSR count). The molecule has 1 atom stereocenters. The summed E-state index contributed by atoms with van der Waals surface area (Å²) in [4.78, 5) is 12.4. The lowest BCUT2D eigenvalue weighted by Gasteiger charge is -2.36. The van der Waals surface area contributed by atoms with Crippen molar-refractivity contribution in [2.45, 2.75) is 23.1 Å². The molecule has 0 N–H and O–H groups in total. The Morgan fingerprint density at radius 1 is 1.38 bits per heavy atom. The van der Waals surface area contributed by atoms with Crippen molar-refractivity contribution in [1.82, 2.24) is 9.21 Å². The molecule has 0 amide bonds. The zero-order chi connectivity index (χ0) is 15.2.